The summed E-state index contributed by atoms with van der Waals surface area (Å²) in [6.45, 7) is 2.05. The molecule has 0 aliphatic carbocycles. The zero-order valence-corrected chi connectivity index (χ0v) is 4.61. The van der Waals surface area contributed by atoms with Crippen LogP contribution < -0.4 is 5.32 Å². The molecule has 42 valence electrons. The van der Waals surface area contributed by atoms with Crippen molar-refractivity contribution in [3.05, 3.63) is 0 Å². The molecular weight excluding hydrogens is 90.1 g/mol. The smallest absolute Gasteiger partial charge is 0.0616 e. The highest BCUT2D eigenvalue weighted by atomic mass is 16.5. The number of ether oxygens (including phenoxy) is 1. The second kappa shape index (κ2) is 2.28. The average molecular weight is 101 g/mol. The highest BCUT2D eigenvalue weighted by Gasteiger charge is 2.14. The summed E-state index contributed by atoms with van der Waals surface area (Å²) < 4.78 is 4.88. The Bertz CT molecular complexity index is 52.0. The van der Waals surface area contributed by atoms with Crippen molar-refractivity contribution in [2.75, 3.05) is 20.3 Å². The number of rotatable bonds is 2. The Morgan fingerprint density at radius 1 is 1.86 bits per heavy atom. The van der Waals surface area contributed by atoms with Crippen LogP contribution >= 0.6 is 0 Å². The van der Waals surface area contributed by atoms with Gasteiger partial charge in [0.2, 0.25) is 0 Å². The minimum Gasteiger partial charge on any atom is -0.383 e. The molecule has 0 spiro atoms. The highest BCUT2D eigenvalue weighted by Crippen LogP contribution is 1.99. The Kier molecular flexibility index (Phi) is 1.65. The van der Waals surface area contributed by atoms with Gasteiger partial charge in [0.15, 0.2) is 0 Å². The molecule has 2 heteroatoms. The molecule has 0 radical (unpaired) electrons. The lowest BCUT2D eigenvalue weighted by Gasteiger charge is -2.26. The third-order valence-electron chi connectivity index (χ3n) is 1.29. The van der Waals surface area contributed by atoms with E-state index >= 15 is 0 Å². The molecule has 1 rings (SSSR count). The van der Waals surface area contributed by atoms with Crippen molar-refractivity contribution >= 4 is 0 Å². The minimum atomic E-state index is 0.657. The maximum Gasteiger partial charge on any atom is 0.0616 e. The van der Waals surface area contributed by atoms with Gasteiger partial charge in [0, 0.05) is 13.2 Å². The summed E-state index contributed by atoms with van der Waals surface area (Å²) in [5.41, 5.74) is 0. The zero-order valence-electron chi connectivity index (χ0n) is 4.61. The third-order valence-corrected chi connectivity index (χ3v) is 1.29. The summed E-state index contributed by atoms with van der Waals surface area (Å²) >= 11 is 0. The van der Waals surface area contributed by atoms with Gasteiger partial charge in [-0.05, 0) is 13.0 Å². The van der Waals surface area contributed by atoms with Crippen LogP contribution in [0.1, 0.15) is 6.42 Å². The first kappa shape index (κ1) is 5.06. The number of hydrogen-bond acceptors (Lipinski definition) is 2. The Labute approximate surface area is 43.9 Å². The van der Waals surface area contributed by atoms with E-state index < -0.39 is 0 Å². The largest absolute Gasteiger partial charge is 0.383 e. The van der Waals surface area contributed by atoms with Gasteiger partial charge in [-0.1, -0.05) is 0 Å². The topological polar surface area (TPSA) is 21.3 Å². The van der Waals surface area contributed by atoms with Crippen LogP contribution in [0.2, 0.25) is 0 Å². The number of methoxy groups -OCH3 is 1. The van der Waals surface area contributed by atoms with Crippen LogP contribution in [0.5, 0.6) is 0 Å². The first-order valence-electron chi connectivity index (χ1n) is 2.66. The van der Waals surface area contributed by atoms with E-state index in [9.17, 15) is 0 Å². The zero-order chi connectivity index (χ0) is 5.11. The van der Waals surface area contributed by atoms with Crippen LogP contribution in [0.3, 0.4) is 0 Å². The van der Waals surface area contributed by atoms with E-state index in [4.69, 9.17) is 4.74 Å². The van der Waals surface area contributed by atoms with Gasteiger partial charge in [-0.25, -0.2) is 0 Å². The molecule has 1 heterocycles. The molecule has 1 aliphatic rings. The molecule has 1 atom stereocenters. The van der Waals surface area contributed by atoms with Crippen molar-refractivity contribution in [3.63, 3.8) is 0 Å². The van der Waals surface area contributed by atoms with E-state index in [1.807, 2.05) is 0 Å². The van der Waals surface area contributed by atoms with Crippen molar-refractivity contribution in [2.45, 2.75) is 12.5 Å². The first-order valence-corrected chi connectivity index (χ1v) is 2.66. The molecule has 1 N–H and O–H groups in total. The Morgan fingerprint density at radius 3 is 2.71 bits per heavy atom. The molecule has 0 aromatic heterocycles. The summed E-state index contributed by atoms with van der Waals surface area (Å²) in [5, 5.41) is 3.22. The molecule has 0 aromatic rings. The number of hydrogen-bond donors (Lipinski definition) is 1. The van der Waals surface area contributed by atoms with Crippen molar-refractivity contribution in [1.29, 1.82) is 0 Å². The van der Waals surface area contributed by atoms with Crippen LogP contribution in [0, 0.1) is 0 Å². The summed E-state index contributed by atoms with van der Waals surface area (Å²) in [4.78, 5) is 0. The molecule has 1 aliphatic heterocycles. The van der Waals surface area contributed by atoms with Crippen molar-refractivity contribution < 1.29 is 4.74 Å². The second-order valence-corrected chi connectivity index (χ2v) is 1.90. The fourth-order valence-corrected chi connectivity index (χ4v) is 0.692. The predicted octanol–water partition coefficient (Wildman–Crippen LogP) is -0.00530. The molecule has 0 bridgehead atoms. The van der Waals surface area contributed by atoms with Gasteiger partial charge < -0.3 is 10.1 Å². The van der Waals surface area contributed by atoms with Gasteiger partial charge in [0.25, 0.3) is 0 Å². The maximum atomic E-state index is 4.88. The standard InChI is InChI=1S/C5H11NO/c1-7-4-5-2-3-6-5/h5-6H,2-4H2,1H3/t5-/m1/s1. The minimum absolute atomic E-state index is 0.657. The van der Waals surface area contributed by atoms with Gasteiger partial charge in [-0.2, -0.15) is 0 Å². The van der Waals surface area contributed by atoms with Gasteiger partial charge in [-0.3, -0.25) is 0 Å². The lowest BCUT2D eigenvalue weighted by atomic mass is 10.1. The summed E-state index contributed by atoms with van der Waals surface area (Å²) in [5.74, 6) is 0. The fourth-order valence-electron chi connectivity index (χ4n) is 0.692. The summed E-state index contributed by atoms with van der Waals surface area (Å²) in [6.07, 6.45) is 1.29. The average Bonchev–Trinajstić information content (AvgIpc) is 1.55. The van der Waals surface area contributed by atoms with Crippen LogP contribution in [-0.2, 0) is 4.74 Å². The molecule has 7 heavy (non-hydrogen) atoms. The Balaban J connectivity index is 1.93. The highest BCUT2D eigenvalue weighted by molar-refractivity contribution is 4.75. The van der Waals surface area contributed by atoms with Crippen molar-refractivity contribution in [1.82, 2.24) is 5.32 Å². The predicted molar refractivity (Wildman–Crippen MR) is 28.3 cm³/mol. The fraction of sp³-hybridized carbons (Fsp3) is 1.00. The quantitative estimate of drug-likeness (QED) is 0.528. The summed E-state index contributed by atoms with van der Waals surface area (Å²) in [7, 11) is 1.74. The molecule has 1 fully saturated rings. The second-order valence-electron chi connectivity index (χ2n) is 1.90. The van der Waals surface area contributed by atoms with E-state index in [0.29, 0.717) is 6.04 Å². The van der Waals surface area contributed by atoms with E-state index in [1.165, 1.54) is 13.0 Å². The lowest BCUT2D eigenvalue weighted by molar-refractivity contribution is 0.139. The van der Waals surface area contributed by atoms with Gasteiger partial charge in [0.05, 0.1) is 6.61 Å². The molecule has 0 amide bonds. The van der Waals surface area contributed by atoms with Gasteiger partial charge in [-0.15, -0.1) is 0 Å². The summed E-state index contributed by atoms with van der Waals surface area (Å²) in [6, 6.07) is 0.657. The molecular formula is C5H11NO. The molecule has 2 nitrogen and oxygen atoms in total. The van der Waals surface area contributed by atoms with Crippen LogP contribution in [-0.4, -0.2) is 26.3 Å². The third kappa shape index (κ3) is 1.14. The Hall–Kier alpha value is -0.0800. The maximum absolute atomic E-state index is 4.88. The van der Waals surface area contributed by atoms with E-state index in [1.54, 1.807) is 7.11 Å². The number of nitrogens with one attached hydrogen (secondary N) is 1. The molecule has 1 saturated heterocycles. The molecule has 0 unspecified atom stereocenters. The normalized spacial score (nSPS) is 29.6. The van der Waals surface area contributed by atoms with Crippen LogP contribution in [0.25, 0.3) is 0 Å². The SMILES string of the molecule is COC[C@H]1CCN1. The van der Waals surface area contributed by atoms with Crippen LogP contribution in [0.15, 0.2) is 0 Å². The van der Waals surface area contributed by atoms with E-state index in [-0.39, 0.29) is 0 Å². The van der Waals surface area contributed by atoms with Crippen molar-refractivity contribution in [3.8, 4) is 0 Å². The van der Waals surface area contributed by atoms with E-state index in [2.05, 4.69) is 5.32 Å². The van der Waals surface area contributed by atoms with Crippen LogP contribution in [0.4, 0.5) is 0 Å². The van der Waals surface area contributed by atoms with Gasteiger partial charge >= 0.3 is 0 Å². The van der Waals surface area contributed by atoms with Gasteiger partial charge in [0.1, 0.15) is 0 Å². The Morgan fingerprint density at radius 2 is 2.57 bits per heavy atom. The lowest BCUT2D eigenvalue weighted by Crippen LogP contribution is -2.45. The molecule has 0 saturated carbocycles. The monoisotopic (exact) mass is 101 g/mol. The molecule has 0 aromatic carbocycles. The van der Waals surface area contributed by atoms with E-state index in [0.717, 1.165) is 6.61 Å². The van der Waals surface area contributed by atoms with Crippen molar-refractivity contribution in [2.24, 2.45) is 0 Å². The first-order chi connectivity index (χ1) is 3.43.